The number of hydrogen-bond donors (Lipinski definition) is 3. The maximum absolute atomic E-state index is 9.95. The summed E-state index contributed by atoms with van der Waals surface area (Å²) in [7, 11) is 4.10. The van der Waals surface area contributed by atoms with Crippen molar-refractivity contribution in [2.75, 3.05) is 27.2 Å². The number of rotatable bonds is 3. The molecule has 1 heterocycles. The zero-order chi connectivity index (χ0) is 14.5. The van der Waals surface area contributed by atoms with Gasteiger partial charge in [0.25, 0.3) is 0 Å². The number of aliphatic imine (C=N–C) groups is 1. The van der Waals surface area contributed by atoms with Crippen LogP contribution in [0.4, 0.5) is 0 Å². The van der Waals surface area contributed by atoms with E-state index in [4.69, 9.17) is 10.8 Å². The predicted octanol–water partition coefficient (Wildman–Crippen LogP) is 0.135. The second kappa shape index (κ2) is 7.24. The van der Waals surface area contributed by atoms with Crippen LogP contribution in [0.25, 0.3) is 0 Å². The van der Waals surface area contributed by atoms with Crippen LogP contribution >= 0.6 is 0 Å². The molecule has 1 saturated heterocycles. The summed E-state index contributed by atoms with van der Waals surface area (Å²) in [5.41, 5.74) is 2.76. The largest absolute Gasteiger partial charge is 0.391 e. The van der Waals surface area contributed by atoms with Crippen LogP contribution in [-0.2, 0) is 0 Å². The molecule has 0 spiro atoms. The molecule has 20 heavy (non-hydrogen) atoms. The average Bonchev–Trinajstić information content (AvgIpc) is 2.77. The van der Waals surface area contributed by atoms with Gasteiger partial charge in [-0.3, -0.25) is 5.43 Å². The van der Waals surface area contributed by atoms with Gasteiger partial charge in [0.1, 0.15) is 0 Å². The highest BCUT2D eigenvalue weighted by atomic mass is 16.3. The SMILES string of the molecule is CN(C)CC1CC(O)CN1C(=NC1CCCCC1)NN. The van der Waals surface area contributed by atoms with E-state index in [1.807, 2.05) is 0 Å². The Morgan fingerprint density at radius 1 is 1.35 bits per heavy atom. The number of aliphatic hydroxyl groups is 1. The van der Waals surface area contributed by atoms with Gasteiger partial charge in [0, 0.05) is 19.1 Å². The number of guanidine groups is 1. The molecule has 2 rings (SSSR count). The molecule has 1 saturated carbocycles. The number of nitrogens with one attached hydrogen (secondary N) is 1. The fourth-order valence-electron chi connectivity index (χ4n) is 3.32. The van der Waals surface area contributed by atoms with Crippen LogP contribution in [0.15, 0.2) is 4.99 Å². The Labute approximate surface area is 122 Å². The van der Waals surface area contributed by atoms with Crippen molar-refractivity contribution < 1.29 is 5.11 Å². The first kappa shape index (κ1) is 15.5. The molecule has 6 nitrogen and oxygen atoms in total. The molecular weight excluding hydrogens is 254 g/mol. The van der Waals surface area contributed by atoms with Crippen LogP contribution in [0.2, 0.25) is 0 Å². The summed E-state index contributed by atoms with van der Waals surface area (Å²) in [5, 5.41) is 9.95. The Bertz CT molecular complexity index is 328. The second-order valence-corrected chi connectivity index (χ2v) is 6.35. The zero-order valence-electron chi connectivity index (χ0n) is 12.8. The standard InChI is InChI=1S/C14H29N5O/c1-18(2)9-12-8-13(20)10-19(12)14(17-15)16-11-6-4-3-5-7-11/h11-13,20H,3-10,15H2,1-2H3,(H,16,17). The lowest BCUT2D eigenvalue weighted by molar-refractivity contribution is 0.187. The van der Waals surface area contributed by atoms with Crippen LogP contribution in [0.1, 0.15) is 38.5 Å². The van der Waals surface area contributed by atoms with Gasteiger partial charge in [-0.2, -0.15) is 0 Å². The van der Waals surface area contributed by atoms with Gasteiger partial charge in [0.05, 0.1) is 12.1 Å². The van der Waals surface area contributed by atoms with Gasteiger partial charge in [-0.15, -0.1) is 0 Å². The lowest BCUT2D eigenvalue weighted by atomic mass is 9.96. The van der Waals surface area contributed by atoms with Crippen LogP contribution < -0.4 is 11.3 Å². The van der Waals surface area contributed by atoms with E-state index >= 15 is 0 Å². The predicted molar refractivity (Wildman–Crippen MR) is 81.3 cm³/mol. The molecule has 4 N–H and O–H groups in total. The summed E-state index contributed by atoms with van der Waals surface area (Å²) < 4.78 is 0. The molecule has 0 amide bonds. The highest BCUT2D eigenvalue weighted by Gasteiger charge is 2.33. The topological polar surface area (TPSA) is 77.1 Å². The van der Waals surface area contributed by atoms with Crippen LogP contribution in [0.3, 0.4) is 0 Å². The molecule has 1 aliphatic carbocycles. The maximum Gasteiger partial charge on any atom is 0.209 e. The van der Waals surface area contributed by atoms with Crippen molar-refractivity contribution in [2.24, 2.45) is 10.8 Å². The Hall–Kier alpha value is -0.850. The minimum absolute atomic E-state index is 0.276. The molecule has 0 radical (unpaired) electrons. The summed E-state index contributed by atoms with van der Waals surface area (Å²) >= 11 is 0. The fourth-order valence-corrected chi connectivity index (χ4v) is 3.32. The molecule has 0 aromatic carbocycles. The smallest absolute Gasteiger partial charge is 0.209 e. The summed E-state index contributed by atoms with van der Waals surface area (Å²) in [4.78, 5) is 9.09. The van der Waals surface area contributed by atoms with E-state index in [1.54, 1.807) is 0 Å². The molecular formula is C14H29N5O. The van der Waals surface area contributed by atoms with E-state index in [1.165, 1.54) is 19.3 Å². The van der Waals surface area contributed by atoms with Crippen molar-refractivity contribution in [1.29, 1.82) is 0 Å². The van der Waals surface area contributed by atoms with Gasteiger partial charge in [-0.05, 0) is 33.4 Å². The first-order valence-corrected chi connectivity index (χ1v) is 7.74. The molecule has 116 valence electrons. The third-order valence-electron chi connectivity index (χ3n) is 4.25. The first-order valence-electron chi connectivity index (χ1n) is 7.74. The van der Waals surface area contributed by atoms with Crippen molar-refractivity contribution in [3.63, 3.8) is 0 Å². The van der Waals surface area contributed by atoms with E-state index in [0.717, 1.165) is 31.8 Å². The molecule has 0 aromatic rings. The first-order chi connectivity index (χ1) is 9.60. The highest BCUT2D eigenvalue weighted by Crippen LogP contribution is 2.23. The lowest BCUT2D eigenvalue weighted by Gasteiger charge is -2.30. The third kappa shape index (κ3) is 4.07. The average molecular weight is 283 g/mol. The summed E-state index contributed by atoms with van der Waals surface area (Å²) in [5.74, 6) is 6.44. The van der Waals surface area contributed by atoms with E-state index in [-0.39, 0.29) is 12.1 Å². The number of nitrogens with two attached hydrogens (primary N) is 1. The van der Waals surface area contributed by atoms with E-state index in [2.05, 4.69) is 29.3 Å². The van der Waals surface area contributed by atoms with Gasteiger partial charge in [0.15, 0.2) is 0 Å². The quantitative estimate of drug-likeness (QED) is 0.297. The summed E-state index contributed by atoms with van der Waals surface area (Å²) in [6.07, 6.45) is 6.64. The molecule has 6 heteroatoms. The summed E-state index contributed by atoms with van der Waals surface area (Å²) in [6, 6.07) is 0.658. The monoisotopic (exact) mass is 283 g/mol. The normalized spacial score (nSPS) is 29.2. The molecule has 1 aliphatic heterocycles. The Balaban J connectivity index is 2.05. The van der Waals surface area contributed by atoms with E-state index in [9.17, 15) is 5.11 Å². The molecule has 2 unspecified atom stereocenters. The molecule has 2 fully saturated rings. The van der Waals surface area contributed by atoms with Crippen LogP contribution in [-0.4, -0.2) is 66.2 Å². The van der Waals surface area contributed by atoms with Crippen molar-refractivity contribution >= 4 is 5.96 Å². The van der Waals surface area contributed by atoms with Gasteiger partial charge in [-0.25, -0.2) is 10.8 Å². The molecule has 2 atom stereocenters. The van der Waals surface area contributed by atoms with E-state index < -0.39 is 0 Å². The maximum atomic E-state index is 9.95. The van der Waals surface area contributed by atoms with Gasteiger partial charge in [0.2, 0.25) is 5.96 Å². The van der Waals surface area contributed by atoms with E-state index in [0.29, 0.717) is 12.6 Å². The van der Waals surface area contributed by atoms with Crippen molar-refractivity contribution in [3.05, 3.63) is 0 Å². The Morgan fingerprint density at radius 3 is 2.65 bits per heavy atom. The lowest BCUT2D eigenvalue weighted by Crippen LogP contribution is -2.50. The third-order valence-corrected chi connectivity index (χ3v) is 4.25. The minimum Gasteiger partial charge on any atom is -0.391 e. The number of β-amino-alcohol motifs (C(OH)–C–C–N with tert-alkyl or cyclic N) is 1. The van der Waals surface area contributed by atoms with Gasteiger partial charge < -0.3 is 14.9 Å². The van der Waals surface area contributed by atoms with Crippen LogP contribution in [0, 0.1) is 0 Å². The van der Waals surface area contributed by atoms with Crippen molar-refractivity contribution in [2.45, 2.75) is 56.7 Å². The minimum atomic E-state index is -0.287. The van der Waals surface area contributed by atoms with Crippen molar-refractivity contribution in [3.8, 4) is 0 Å². The number of hydrazine groups is 1. The number of aliphatic hydroxyl groups excluding tert-OH is 1. The fraction of sp³-hybridized carbons (Fsp3) is 0.929. The number of likely N-dealkylation sites (N-methyl/N-ethyl adjacent to an activating group) is 1. The molecule has 0 bridgehead atoms. The Morgan fingerprint density at radius 2 is 2.05 bits per heavy atom. The molecule has 0 aromatic heterocycles. The van der Waals surface area contributed by atoms with Crippen molar-refractivity contribution in [1.82, 2.24) is 15.2 Å². The highest BCUT2D eigenvalue weighted by molar-refractivity contribution is 5.80. The Kier molecular flexibility index (Phi) is 5.63. The van der Waals surface area contributed by atoms with Crippen LogP contribution in [0.5, 0.6) is 0 Å². The zero-order valence-corrected chi connectivity index (χ0v) is 12.8. The molecule has 2 aliphatic rings. The summed E-state index contributed by atoms with van der Waals surface area (Å²) in [6.45, 7) is 1.52. The van der Waals surface area contributed by atoms with Gasteiger partial charge in [-0.1, -0.05) is 19.3 Å². The van der Waals surface area contributed by atoms with Gasteiger partial charge >= 0.3 is 0 Å². The number of nitrogens with zero attached hydrogens (tertiary/aromatic N) is 3. The number of hydrogen-bond acceptors (Lipinski definition) is 4. The second-order valence-electron chi connectivity index (χ2n) is 6.35. The number of likely N-dealkylation sites (tertiary alicyclic amines) is 1.